The molecule has 9 nitrogen and oxygen atoms in total. The van der Waals surface area contributed by atoms with Crippen molar-refractivity contribution in [3.05, 3.63) is 33.1 Å². The van der Waals surface area contributed by atoms with Gasteiger partial charge in [0.15, 0.2) is 6.23 Å². The van der Waals surface area contributed by atoms with Crippen LogP contribution in [0.15, 0.2) is 21.9 Å². The van der Waals surface area contributed by atoms with Gasteiger partial charge in [0.1, 0.15) is 12.2 Å². The zero-order chi connectivity index (χ0) is 14.9. The molecular formula is C11H15N3O6. The summed E-state index contributed by atoms with van der Waals surface area (Å²) in [7, 11) is 0. The van der Waals surface area contributed by atoms with Gasteiger partial charge < -0.3 is 20.3 Å². The fourth-order valence-corrected chi connectivity index (χ4v) is 2.17. The Bertz CT molecular complexity index is 609. The lowest BCUT2D eigenvalue weighted by Crippen LogP contribution is -2.48. The van der Waals surface area contributed by atoms with E-state index in [2.05, 4.69) is 5.32 Å². The smallest absolute Gasteiger partial charge is 0.330 e. The van der Waals surface area contributed by atoms with Crippen LogP contribution in [0.4, 0.5) is 0 Å². The number of aromatic nitrogens is 2. The number of carbonyl (C=O) groups is 1. The quantitative estimate of drug-likeness (QED) is 0.477. The highest BCUT2D eigenvalue weighted by Gasteiger charge is 2.45. The van der Waals surface area contributed by atoms with Gasteiger partial charge >= 0.3 is 5.69 Å². The van der Waals surface area contributed by atoms with Gasteiger partial charge in [-0.1, -0.05) is 0 Å². The van der Waals surface area contributed by atoms with Crippen molar-refractivity contribution in [2.24, 2.45) is 0 Å². The van der Waals surface area contributed by atoms with Crippen LogP contribution in [0, 0.1) is 0 Å². The third-order valence-electron chi connectivity index (χ3n) is 3.05. The molecule has 20 heavy (non-hydrogen) atoms. The molecule has 0 saturated carbocycles. The molecule has 0 radical (unpaired) electrons. The van der Waals surface area contributed by atoms with E-state index in [1.807, 2.05) is 4.98 Å². The largest absolute Gasteiger partial charge is 0.394 e. The number of amides is 1. The van der Waals surface area contributed by atoms with Crippen LogP contribution in [0.5, 0.6) is 0 Å². The second-order valence-corrected chi connectivity index (χ2v) is 4.48. The number of carbonyl (C=O) groups excluding carboxylic acids is 1. The molecule has 0 bridgehead atoms. The molecule has 0 spiro atoms. The van der Waals surface area contributed by atoms with E-state index in [1.165, 1.54) is 13.1 Å². The van der Waals surface area contributed by atoms with Gasteiger partial charge in [0, 0.05) is 19.2 Å². The monoisotopic (exact) mass is 285 g/mol. The normalized spacial score (nSPS) is 29.4. The maximum atomic E-state index is 11.7. The molecule has 4 N–H and O–H groups in total. The molecule has 9 heteroatoms. The Morgan fingerprint density at radius 2 is 2.25 bits per heavy atom. The highest BCUT2D eigenvalue weighted by molar-refractivity contribution is 5.73. The molecule has 1 amide bonds. The minimum atomic E-state index is -1.24. The first kappa shape index (κ1) is 14.4. The molecule has 1 fully saturated rings. The highest BCUT2D eigenvalue weighted by Crippen LogP contribution is 2.27. The third kappa shape index (κ3) is 2.64. The summed E-state index contributed by atoms with van der Waals surface area (Å²) in [5, 5.41) is 21.8. The zero-order valence-corrected chi connectivity index (χ0v) is 10.6. The lowest BCUT2D eigenvalue weighted by Gasteiger charge is -2.19. The number of aliphatic hydroxyl groups is 2. The van der Waals surface area contributed by atoms with Gasteiger partial charge in [-0.3, -0.25) is 19.1 Å². The van der Waals surface area contributed by atoms with Gasteiger partial charge in [0.2, 0.25) is 5.91 Å². The first-order chi connectivity index (χ1) is 9.43. The Labute approximate surface area is 112 Å². The second-order valence-electron chi connectivity index (χ2n) is 4.48. The molecule has 110 valence electrons. The Balaban J connectivity index is 2.32. The first-order valence-electron chi connectivity index (χ1n) is 5.97. The van der Waals surface area contributed by atoms with Crippen molar-refractivity contribution < 1.29 is 19.7 Å². The SMILES string of the molecule is CC(=O)N[C@H]1[C@@H](O)[C@H](n2ccc(=O)[nH]c2=O)O[C@@H]1CO. The molecule has 1 saturated heterocycles. The van der Waals surface area contributed by atoms with Crippen LogP contribution in [0.3, 0.4) is 0 Å². The van der Waals surface area contributed by atoms with Gasteiger partial charge in [-0.05, 0) is 0 Å². The maximum absolute atomic E-state index is 11.7. The summed E-state index contributed by atoms with van der Waals surface area (Å²) in [6, 6.07) is 0.262. The molecule has 1 aliphatic heterocycles. The predicted octanol–water partition coefficient (Wildman–Crippen LogP) is -2.71. The minimum Gasteiger partial charge on any atom is -0.394 e. The molecule has 1 aromatic heterocycles. The summed E-state index contributed by atoms with van der Waals surface area (Å²) in [4.78, 5) is 35.8. The van der Waals surface area contributed by atoms with E-state index in [0.29, 0.717) is 0 Å². The summed E-state index contributed by atoms with van der Waals surface area (Å²) in [5.41, 5.74) is -1.32. The first-order valence-corrected chi connectivity index (χ1v) is 5.97. The summed E-state index contributed by atoms with van der Waals surface area (Å²) >= 11 is 0. The van der Waals surface area contributed by atoms with E-state index < -0.39 is 48.2 Å². The van der Waals surface area contributed by atoms with Crippen molar-refractivity contribution in [1.82, 2.24) is 14.9 Å². The lowest BCUT2D eigenvalue weighted by molar-refractivity contribution is -0.120. The fraction of sp³-hybridized carbons (Fsp3) is 0.545. The molecule has 1 aliphatic rings. The number of rotatable bonds is 3. The molecular weight excluding hydrogens is 270 g/mol. The molecule has 0 aliphatic carbocycles. The predicted molar refractivity (Wildman–Crippen MR) is 65.9 cm³/mol. The molecule has 1 aromatic rings. The van der Waals surface area contributed by atoms with E-state index in [9.17, 15) is 24.6 Å². The average Bonchev–Trinajstić information content (AvgIpc) is 2.67. The third-order valence-corrected chi connectivity index (χ3v) is 3.05. The summed E-state index contributed by atoms with van der Waals surface area (Å²) in [6.45, 7) is 0.831. The molecule has 2 heterocycles. The van der Waals surface area contributed by atoms with Crippen LogP contribution >= 0.6 is 0 Å². The number of aliphatic hydroxyl groups excluding tert-OH is 2. The Kier molecular flexibility index (Phi) is 4.02. The van der Waals surface area contributed by atoms with Crippen LogP contribution in [-0.2, 0) is 9.53 Å². The number of nitrogens with one attached hydrogen (secondary N) is 2. The van der Waals surface area contributed by atoms with Gasteiger partial charge in [0.25, 0.3) is 5.56 Å². The summed E-state index contributed by atoms with van der Waals surface area (Å²) in [5.74, 6) is -0.398. The standard InChI is InChI=1S/C11H15N3O6/c1-5(16)12-8-6(4-15)20-10(9(8)18)14-3-2-7(17)13-11(14)19/h2-3,6,8-10,15,18H,4H2,1H3,(H,12,16)(H,13,17,19)/t6-,8-,9-,10-/m1/s1. The van der Waals surface area contributed by atoms with Gasteiger partial charge in [0.05, 0.1) is 12.6 Å². The van der Waals surface area contributed by atoms with E-state index in [4.69, 9.17) is 4.74 Å². The van der Waals surface area contributed by atoms with E-state index in [-0.39, 0.29) is 0 Å². The Morgan fingerprint density at radius 3 is 2.80 bits per heavy atom. The van der Waals surface area contributed by atoms with Gasteiger partial charge in [-0.15, -0.1) is 0 Å². The summed E-state index contributed by atoms with van der Waals surface area (Å²) < 4.78 is 6.37. The highest BCUT2D eigenvalue weighted by atomic mass is 16.5. The zero-order valence-electron chi connectivity index (χ0n) is 10.6. The number of hydrogen-bond donors (Lipinski definition) is 4. The van der Waals surface area contributed by atoms with Gasteiger partial charge in [-0.2, -0.15) is 0 Å². The number of H-pyrrole nitrogens is 1. The number of ether oxygens (including phenoxy) is 1. The maximum Gasteiger partial charge on any atom is 0.330 e. The number of hydrogen-bond acceptors (Lipinski definition) is 6. The lowest BCUT2D eigenvalue weighted by atomic mass is 10.1. The van der Waals surface area contributed by atoms with Crippen LogP contribution < -0.4 is 16.6 Å². The molecule has 0 aromatic carbocycles. The van der Waals surface area contributed by atoms with E-state index in [1.54, 1.807) is 0 Å². The van der Waals surface area contributed by atoms with Crippen molar-refractivity contribution >= 4 is 5.91 Å². The van der Waals surface area contributed by atoms with Crippen molar-refractivity contribution in [3.8, 4) is 0 Å². The van der Waals surface area contributed by atoms with Crippen molar-refractivity contribution in [2.75, 3.05) is 6.61 Å². The van der Waals surface area contributed by atoms with Crippen molar-refractivity contribution in [3.63, 3.8) is 0 Å². The van der Waals surface area contributed by atoms with Crippen LogP contribution in [0.1, 0.15) is 13.2 Å². The fourth-order valence-electron chi connectivity index (χ4n) is 2.17. The Morgan fingerprint density at radius 1 is 1.55 bits per heavy atom. The average molecular weight is 285 g/mol. The number of aromatic amines is 1. The molecule has 0 unspecified atom stereocenters. The van der Waals surface area contributed by atoms with Gasteiger partial charge in [-0.25, -0.2) is 4.79 Å². The van der Waals surface area contributed by atoms with Crippen molar-refractivity contribution in [1.29, 1.82) is 0 Å². The van der Waals surface area contributed by atoms with Crippen LogP contribution in [0.2, 0.25) is 0 Å². The van der Waals surface area contributed by atoms with Crippen LogP contribution in [0.25, 0.3) is 0 Å². The minimum absolute atomic E-state index is 0.398. The van der Waals surface area contributed by atoms with Crippen LogP contribution in [-0.4, -0.2) is 50.5 Å². The second kappa shape index (κ2) is 5.57. The van der Waals surface area contributed by atoms with E-state index >= 15 is 0 Å². The molecule has 4 atom stereocenters. The summed E-state index contributed by atoms with van der Waals surface area (Å²) in [6.07, 6.45) is -2.01. The molecule has 2 rings (SSSR count). The number of nitrogens with zero attached hydrogens (tertiary/aromatic N) is 1. The Hall–Kier alpha value is -1.97. The van der Waals surface area contributed by atoms with Crippen molar-refractivity contribution in [2.45, 2.75) is 31.4 Å². The van der Waals surface area contributed by atoms with E-state index in [0.717, 1.165) is 10.6 Å². The topological polar surface area (TPSA) is 134 Å².